The lowest BCUT2D eigenvalue weighted by Gasteiger charge is -2.51. The molecule has 0 aromatic heterocycles. The van der Waals surface area contributed by atoms with E-state index in [0.717, 1.165) is 5.56 Å². The number of amides is 2. The maximum absolute atomic E-state index is 13.5. The number of ether oxygens (including phenoxy) is 1. The molecule has 0 aliphatic carbocycles. The molecule has 7 heteroatoms. The number of carbonyl (C=O) groups is 2. The summed E-state index contributed by atoms with van der Waals surface area (Å²) in [5.41, 5.74) is -0.474. The van der Waals surface area contributed by atoms with E-state index in [9.17, 15) is 14.7 Å². The van der Waals surface area contributed by atoms with Gasteiger partial charge in [-0.25, -0.2) is 0 Å². The van der Waals surface area contributed by atoms with Gasteiger partial charge in [-0.2, -0.15) is 0 Å². The lowest BCUT2D eigenvalue weighted by Crippen LogP contribution is -2.60. The summed E-state index contributed by atoms with van der Waals surface area (Å²) in [4.78, 5) is 28.1. The second kappa shape index (κ2) is 9.74. The van der Waals surface area contributed by atoms with Crippen LogP contribution in [-0.4, -0.2) is 48.1 Å². The molecular formula is C26H33ClN2O4. The lowest BCUT2D eigenvalue weighted by molar-refractivity contribution is -0.155. The van der Waals surface area contributed by atoms with Crippen LogP contribution in [0.3, 0.4) is 0 Å². The van der Waals surface area contributed by atoms with Gasteiger partial charge in [-0.3, -0.25) is 9.59 Å². The first-order chi connectivity index (χ1) is 15.5. The maximum Gasteiger partial charge on any atom is 0.252 e. The van der Waals surface area contributed by atoms with Gasteiger partial charge < -0.3 is 20.1 Å². The normalized spacial score (nSPS) is 20.9. The first kappa shape index (κ1) is 25.1. The molecule has 0 spiro atoms. The number of carbonyl (C=O) groups excluding carboxylic acids is 2. The summed E-state index contributed by atoms with van der Waals surface area (Å²) < 4.78 is 5.20. The average Bonchev–Trinajstić information content (AvgIpc) is 2.78. The number of benzene rings is 2. The molecule has 2 atom stereocenters. The Bertz CT molecular complexity index is 1010. The van der Waals surface area contributed by atoms with E-state index < -0.39 is 17.1 Å². The van der Waals surface area contributed by atoms with E-state index in [0.29, 0.717) is 35.8 Å². The second-order valence-electron chi connectivity index (χ2n) is 9.69. The van der Waals surface area contributed by atoms with Crippen molar-refractivity contribution in [1.29, 1.82) is 0 Å². The van der Waals surface area contributed by atoms with E-state index in [4.69, 9.17) is 16.3 Å². The van der Waals surface area contributed by atoms with Gasteiger partial charge in [0.25, 0.3) is 5.91 Å². The predicted molar refractivity (Wildman–Crippen MR) is 129 cm³/mol. The number of halogens is 1. The van der Waals surface area contributed by atoms with Gasteiger partial charge in [0.05, 0.1) is 12.7 Å². The second-order valence-corrected chi connectivity index (χ2v) is 10.1. The molecular weight excluding hydrogens is 440 g/mol. The van der Waals surface area contributed by atoms with Crippen molar-refractivity contribution < 1.29 is 19.4 Å². The van der Waals surface area contributed by atoms with Crippen LogP contribution >= 0.6 is 11.6 Å². The number of nitrogens with one attached hydrogen (secondary N) is 1. The van der Waals surface area contributed by atoms with Crippen LogP contribution < -0.4 is 10.1 Å². The SMILES string of the molecule is COc1cccc(C(=O)N[C@@H](C(=O)N2CC[C@](O)(c3ccc(Cl)cc3)C(C)(C)C2)C(C)C)c1. The number of hydrogen-bond donors (Lipinski definition) is 2. The summed E-state index contributed by atoms with van der Waals surface area (Å²) in [6, 6.07) is 13.4. The molecule has 1 fully saturated rings. The van der Waals surface area contributed by atoms with Crippen molar-refractivity contribution in [1.82, 2.24) is 10.2 Å². The Hall–Kier alpha value is -2.57. The highest BCUT2D eigenvalue weighted by atomic mass is 35.5. The third kappa shape index (κ3) is 5.17. The van der Waals surface area contributed by atoms with E-state index >= 15 is 0 Å². The Labute approximate surface area is 200 Å². The van der Waals surface area contributed by atoms with Gasteiger partial charge in [0.2, 0.25) is 5.91 Å². The van der Waals surface area contributed by atoms with Gasteiger partial charge in [0.1, 0.15) is 11.8 Å². The van der Waals surface area contributed by atoms with E-state index in [1.165, 1.54) is 0 Å². The molecule has 1 heterocycles. The summed E-state index contributed by atoms with van der Waals surface area (Å²) in [6.07, 6.45) is 0.391. The fraction of sp³-hybridized carbons (Fsp3) is 0.462. The highest BCUT2D eigenvalue weighted by Gasteiger charge is 2.50. The fourth-order valence-corrected chi connectivity index (χ4v) is 4.60. The molecule has 2 amide bonds. The standard InChI is InChI=1S/C26H33ClN2O4/c1-17(2)22(28-23(30)18-7-6-8-21(15-18)33-5)24(31)29-14-13-26(32,25(3,4)16-29)19-9-11-20(27)12-10-19/h6-12,15,17,22,32H,13-14,16H2,1-5H3,(H,28,30)/t22-,26+/m1/s1. The molecule has 0 radical (unpaired) electrons. The number of nitrogens with zero attached hydrogens (tertiary/aromatic N) is 1. The van der Waals surface area contributed by atoms with Gasteiger partial charge in [-0.05, 0) is 48.2 Å². The number of aliphatic hydroxyl groups is 1. The maximum atomic E-state index is 13.5. The molecule has 1 aliphatic heterocycles. The number of hydrogen-bond acceptors (Lipinski definition) is 4. The molecule has 178 valence electrons. The minimum Gasteiger partial charge on any atom is -0.497 e. The van der Waals surface area contributed by atoms with Crippen LogP contribution in [0.4, 0.5) is 0 Å². The van der Waals surface area contributed by atoms with Gasteiger partial charge in [0, 0.05) is 29.1 Å². The van der Waals surface area contributed by atoms with Gasteiger partial charge in [-0.1, -0.05) is 57.5 Å². The quantitative estimate of drug-likeness (QED) is 0.658. The molecule has 3 rings (SSSR count). The van der Waals surface area contributed by atoms with Crippen molar-refractivity contribution in [2.75, 3.05) is 20.2 Å². The summed E-state index contributed by atoms with van der Waals surface area (Å²) >= 11 is 6.02. The molecule has 2 aromatic rings. The van der Waals surface area contributed by atoms with Crippen molar-refractivity contribution in [2.24, 2.45) is 11.3 Å². The summed E-state index contributed by atoms with van der Waals surface area (Å²) in [5, 5.41) is 15.1. The minimum atomic E-state index is -1.09. The van der Waals surface area contributed by atoms with Crippen LogP contribution in [0, 0.1) is 11.3 Å². The van der Waals surface area contributed by atoms with E-state index in [2.05, 4.69) is 5.32 Å². The molecule has 1 saturated heterocycles. The van der Waals surface area contributed by atoms with E-state index in [1.54, 1.807) is 48.4 Å². The summed E-state index contributed by atoms with van der Waals surface area (Å²) in [5.74, 6) is 0.00366. The topological polar surface area (TPSA) is 78.9 Å². The number of rotatable bonds is 6. The monoisotopic (exact) mass is 472 g/mol. The Morgan fingerprint density at radius 2 is 1.82 bits per heavy atom. The van der Waals surface area contributed by atoms with Gasteiger partial charge in [-0.15, -0.1) is 0 Å². The first-order valence-electron chi connectivity index (χ1n) is 11.2. The molecule has 0 saturated carbocycles. The van der Waals surface area contributed by atoms with Gasteiger partial charge >= 0.3 is 0 Å². The van der Waals surface area contributed by atoms with Crippen molar-refractivity contribution >= 4 is 23.4 Å². The number of piperidine rings is 1. The highest BCUT2D eigenvalue weighted by Crippen LogP contribution is 2.46. The average molecular weight is 473 g/mol. The Morgan fingerprint density at radius 3 is 2.39 bits per heavy atom. The van der Waals surface area contributed by atoms with E-state index in [1.807, 2.05) is 39.8 Å². The van der Waals surface area contributed by atoms with Crippen molar-refractivity contribution in [3.63, 3.8) is 0 Å². The third-order valence-corrected chi connectivity index (χ3v) is 6.89. The zero-order valence-corrected chi connectivity index (χ0v) is 20.6. The molecule has 2 aromatic carbocycles. The molecule has 0 unspecified atom stereocenters. The van der Waals surface area contributed by atoms with Gasteiger partial charge in [0.15, 0.2) is 0 Å². The van der Waals surface area contributed by atoms with Crippen LogP contribution in [0.15, 0.2) is 48.5 Å². The van der Waals surface area contributed by atoms with Crippen molar-refractivity contribution in [3.8, 4) is 5.75 Å². The van der Waals surface area contributed by atoms with Crippen LogP contribution in [0.25, 0.3) is 0 Å². The zero-order chi connectivity index (χ0) is 24.4. The van der Waals surface area contributed by atoms with Crippen LogP contribution in [-0.2, 0) is 10.4 Å². The van der Waals surface area contributed by atoms with Crippen LogP contribution in [0.2, 0.25) is 5.02 Å². The molecule has 33 heavy (non-hydrogen) atoms. The Morgan fingerprint density at radius 1 is 1.15 bits per heavy atom. The predicted octanol–water partition coefficient (Wildman–Crippen LogP) is 4.25. The van der Waals surface area contributed by atoms with Crippen LogP contribution in [0.1, 0.15) is 50.0 Å². The lowest BCUT2D eigenvalue weighted by atomic mass is 9.66. The van der Waals surface area contributed by atoms with Crippen LogP contribution in [0.5, 0.6) is 5.75 Å². The smallest absolute Gasteiger partial charge is 0.252 e. The van der Waals surface area contributed by atoms with Crippen molar-refractivity contribution in [2.45, 2.75) is 45.8 Å². The molecule has 6 nitrogen and oxygen atoms in total. The first-order valence-corrected chi connectivity index (χ1v) is 11.6. The molecule has 2 N–H and O–H groups in total. The fourth-order valence-electron chi connectivity index (χ4n) is 4.47. The highest BCUT2D eigenvalue weighted by molar-refractivity contribution is 6.30. The largest absolute Gasteiger partial charge is 0.497 e. The zero-order valence-electron chi connectivity index (χ0n) is 19.9. The molecule has 0 bridgehead atoms. The summed E-state index contributed by atoms with van der Waals surface area (Å²) in [6.45, 7) is 8.49. The Balaban J connectivity index is 1.77. The minimum absolute atomic E-state index is 0.104. The Kier molecular flexibility index (Phi) is 7.39. The van der Waals surface area contributed by atoms with E-state index in [-0.39, 0.29) is 17.7 Å². The number of methoxy groups -OCH3 is 1. The molecule has 1 aliphatic rings. The third-order valence-electron chi connectivity index (χ3n) is 6.63. The number of likely N-dealkylation sites (tertiary alicyclic amines) is 1. The van der Waals surface area contributed by atoms with Crippen molar-refractivity contribution in [3.05, 3.63) is 64.7 Å². The summed E-state index contributed by atoms with van der Waals surface area (Å²) in [7, 11) is 1.54.